The van der Waals surface area contributed by atoms with Crippen LogP contribution in [0.3, 0.4) is 0 Å². The van der Waals surface area contributed by atoms with Crippen molar-refractivity contribution in [1.29, 1.82) is 5.41 Å². The molecule has 7 heteroatoms. The lowest BCUT2D eigenvalue weighted by Crippen LogP contribution is -2.11. The van der Waals surface area contributed by atoms with Gasteiger partial charge in [-0.1, -0.05) is 18.2 Å². The maximum absolute atomic E-state index is 10.8. The highest BCUT2D eigenvalue weighted by Crippen LogP contribution is 2.29. The number of halogens is 1. The molecule has 0 saturated carbocycles. The third-order valence-corrected chi connectivity index (χ3v) is 3.41. The molecule has 0 amide bonds. The van der Waals surface area contributed by atoms with Gasteiger partial charge in [-0.2, -0.15) is 0 Å². The Morgan fingerprint density at radius 1 is 1.33 bits per heavy atom. The molecule has 0 aliphatic carbocycles. The molecule has 21 heavy (non-hydrogen) atoms. The number of hydrogen-bond acceptors (Lipinski definition) is 4. The molecule has 2 aromatic rings. The van der Waals surface area contributed by atoms with Gasteiger partial charge in [-0.3, -0.25) is 15.5 Å². The first-order valence-electron chi connectivity index (χ1n) is 5.97. The number of nitrogens with one attached hydrogen (secondary N) is 1. The summed E-state index contributed by atoms with van der Waals surface area (Å²) < 4.78 is 6.22. The minimum Gasteiger partial charge on any atom is -0.487 e. The second-order valence-corrected chi connectivity index (χ2v) is 5.13. The fraction of sp³-hybridized carbons (Fsp3) is 0.0714. The molecule has 2 aromatic carbocycles. The second-order valence-electron chi connectivity index (χ2n) is 4.27. The van der Waals surface area contributed by atoms with Crippen molar-refractivity contribution in [2.75, 3.05) is 0 Å². The SMILES string of the molecule is N=C(N)c1cccc(COc2cc([N+](=O)[O-])ccc2Br)c1. The number of rotatable bonds is 5. The standard InChI is InChI=1S/C14H12BrN3O3/c15-12-5-4-11(18(19)20)7-13(12)21-8-9-2-1-3-10(6-9)14(16)17/h1-7H,8H2,(H3,16,17). The van der Waals surface area contributed by atoms with Gasteiger partial charge in [0, 0.05) is 11.6 Å². The summed E-state index contributed by atoms with van der Waals surface area (Å²) in [4.78, 5) is 10.3. The predicted molar refractivity (Wildman–Crippen MR) is 82.6 cm³/mol. The van der Waals surface area contributed by atoms with E-state index in [2.05, 4.69) is 15.9 Å². The molecular weight excluding hydrogens is 338 g/mol. The van der Waals surface area contributed by atoms with Gasteiger partial charge in [0.1, 0.15) is 18.2 Å². The number of nitrogen functional groups attached to an aromatic ring is 1. The van der Waals surface area contributed by atoms with Crippen molar-refractivity contribution in [1.82, 2.24) is 0 Å². The average molecular weight is 350 g/mol. The molecule has 0 aliphatic rings. The van der Waals surface area contributed by atoms with Crippen LogP contribution in [0.5, 0.6) is 5.75 Å². The van der Waals surface area contributed by atoms with E-state index in [1.165, 1.54) is 12.1 Å². The molecule has 108 valence electrons. The van der Waals surface area contributed by atoms with Crippen molar-refractivity contribution in [3.63, 3.8) is 0 Å². The van der Waals surface area contributed by atoms with Gasteiger partial charge in [-0.25, -0.2) is 0 Å². The number of nitrogens with two attached hydrogens (primary N) is 1. The van der Waals surface area contributed by atoms with Crippen molar-refractivity contribution >= 4 is 27.5 Å². The molecule has 0 aromatic heterocycles. The molecule has 0 unspecified atom stereocenters. The monoisotopic (exact) mass is 349 g/mol. The maximum atomic E-state index is 10.8. The zero-order valence-corrected chi connectivity index (χ0v) is 12.5. The predicted octanol–water partition coefficient (Wildman–Crippen LogP) is 3.22. The Kier molecular flexibility index (Phi) is 4.54. The molecule has 0 aliphatic heterocycles. The zero-order chi connectivity index (χ0) is 15.4. The van der Waals surface area contributed by atoms with Gasteiger partial charge >= 0.3 is 0 Å². The fourth-order valence-electron chi connectivity index (χ4n) is 1.71. The van der Waals surface area contributed by atoms with Crippen molar-refractivity contribution in [3.8, 4) is 5.75 Å². The molecule has 3 N–H and O–H groups in total. The molecule has 0 atom stereocenters. The van der Waals surface area contributed by atoms with Gasteiger partial charge in [-0.15, -0.1) is 0 Å². The van der Waals surface area contributed by atoms with Crippen molar-refractivity contribution in [2.45, 2.75) is 6.61 Å². The molecule has 0 saturated heterocycles. The summed E-state index contributed by atoms with van der Waals surface area (Å²) in [6.07, 6.45) is 0. The van der Waals surface area contributed by atoms with Gasteiger partial charge in [0.15, 0.2) is 0 Å². The lowest BCUT2D eigenvalue weighted by atomic mass is 10.1. The highest BCUT2D eigenvalue weighted by atomic mass is 79.9. The molecule has 2 rings (SSSR count). The Labute approximate surface area is 129 Å². The van der Waals surface area contributed by atoms with E-state index >= 15 is 0 Å². The Morgan fingerprint density at radius 2 is 2.10 bits per heavy atom. The Bertz CT molecular complexity index is 704. The number of non-ortho nitro benzene ring substituents is 1. The number of hydrogen-bond donors (Lipinski definition) is 2. The number of nitro groups is 1. The van der Waals surface area contributed by atoms with Crippen molar-refractivity contribution in [3.05, 3.63) is 68.2 Å². The topological polar surface area (TPSA) is 102 Å². The number of nitrogens with zero attached hydrogens (tertiary/aromatic N) is 1. The quantitative estimate of drug-likeness (QED) is 0.374. The zero-order valence-electron chi connectivity index (χ0n) is 10.9. The van der Waals surface area contributed by atoms with Crippen LogP contribution < -0.4 is 10.5 Å². The van der Waals surface area contributed by atoms with Crippen molar-refractivity contribution < 1.29 is 9.66 Å². The van der Waals surface area contributed by atoms with E-state index in [-0.39, 0.29) is 18.1 Å². The Morgan fingerprint density at radius 3 is 2.76 bits per heavy atom. The highest BCUT2D eigenvalue weighted by molar-refractivity contribution is 9.10. The number of ether oxygens (including phenoxy) is 1. The largest absolute Gasteiger partial charge is 0.487 e. The van der Waals surface area contributed by atoms with Crippen LogP contribution in [0.2, 0.25) is 0 Å². The maximum Gasteiger partial charge on any atom is 0.273 e. The summed E-state index contributed by atoms with van der Waals surface area (Å²) in [5.74, 6) is 0.366. The van der Waals surface area contributed by atoms with Crippen LogP contribution in [0.4, 0.5) is 5.69 Å². The van der Waals surface area contributed by atoms with Crippen LogP contribution in [0.25, 0.3) is 0 Å². The van der Waals surface area contributed by atoms with Gasteiger partial charge < -0.3 is 10.5 Å². The van der Waals surface area contributed by atoms with E-state index in [4.69, 9.17) is 15.9 Å². The van der Waals surface area contributed by atoms with Gasteiger partial charge in [-0.05, 0) is 33.6 Å². The summed E-state index contributed by atoms with van der Waals surface area (Å²) in [5, 5.41) is 18.1. The van der Waals surface area contributed by atoms with E-state index in [0.717, 1.165) is 5.56 Å². The first-order valence-corrected chi connectivity index (χ1v) is 6.77. The third-order valence-electron chi connectivity index (χ3n) is 2.76. The van der Waals surface area contributed by atoms with Gasteiger partial charge in [0.05, 0.1) is 15.5 Å². The highest BCUT2D eigenvalue weighted by Gasteiger charge is 2.10. The molecular formula is C14H12BrN3O3. The fourth-order valence-corrected chi connectivity index (χ4v) is 2.07. The van der Waals surface area contributed by atoms with Crippen molar-refractivity contribution in [2.24, 2.45) is 5.73 Å². The van der Waals surface area contributed by atoms with Gasteiger partial charge in [0.2, 0.25) is 0 Å². The normalized spacial score (nSPS) is 10.1. The van der Waals surface area contributed by atoms with E-state index in [1.807, 2.05) is 6.07 Å². The third kappa shape index (κ3) is 3.79. The molecule has 6 nitrogen and oxygen atoms in total. The first kappa shape index (κ1) is 15.0. The molecule has 0 bridgehead atoms. The number of benzene rings is 2. The molecule has 0 spiro atoms. The summed E-state index contributed by atoms with van der Waals surface area (Å²) >= 11 is 3.29. The Hall–Kier alpha value is -2.41. The summed E-state index contributed by atoms with van der Waals surface area (Å²) in [6.45, 7) is 0.223. The second kappa shape index (κ2) is 6.36. The smallest absolute Gasteiger partial charge is 0.273 e. The van der Waals surface area contributed by atoms with Crippen LogP contribution in [0, 0.1) is 15.5 Å². The van der Waals surface area contributed by atoms with Crippen LogP contribution in [-0.2, 0) is 6.61 Å². The molecule has 0 radical (unpaired) electrons. The van der Waals surface area contributed by atoms with Crippen LogP contribution in [0.1, 0.15) is 11.1 Å². The van der Waals surface area contributed by atoms with Crippen LogP contribution >= 0.6 is 15.9 Å². The van der Waals surface area contributed by atoms with E-state index in [1.54, 1.807) is 24.3 Å². The number of nitro benzene ring substituents is 1. The summed E-state index contributed by atoms with van der Waals surface area (Å²) in [5.41, 5.74) is 6.82. The summed E-state index contributed by atoms with van der Waals surface area (Å²) in [6, 6.07) is 11.4. The van der Waals surface area contributed by atoms with Crippen LogP contribution in [0.15, 0.2) is 46.9 Å². The summed E-state index contributed by atoms with van der Waals surface area (Å²) in [7, 11) is 0. The minimum atomic E-state index is -0.477. The number of amidine groups is 1. The molecule has 0 heterocycles. The lowest BCUT2D eigenvalue weighted by Gasteiger charge is -2.09. The van der Waals surface area contributed by atoms with Crippen LogP contribution in [-0.4, -0.2) is 10.8 Å². The average Bonchev–Trinajstić information content (AvgIpc) is 2.46. The first-order chi connectivity index (χ1) is 9.97. The lowest BCUT2D eigenvalue weighted by molar-refractivity contribution is -0.385. The Balaban J connectivity index is 2.16. The van der Waals surface area contributed by atoms with E-state index < -0.39 is 4.92 Å². The van der Waals surface area contributed by atoms with Gasteiger partial charge in [0.25, 0.3) is 5.69 Å². The van der Waals surface area contributed by atoms with E-state index in [0.29, 0.717) is 15.8 Å². The molecule has 0 fully saturated rings. The minimum absolute atomic E-state index is 0.0200. The van der Waals surface area contributed by atoms with E-state index in [9.17, 15) is 10.1 Å².